The Morgan fingerprint density at radius 1 is 1.29 bits per heavy atom. The summed E-state index contributed by atoms with van der Waals surface area (Å²) in [7, 11) is 1.87. The lowest BCUT2D eigenvalue weighted by Gasteiger charge is -2.17. The molecule has 28 heavy (non-hydrogen) atoms. The molecule has 8 heteroatoms. The van der Waals surface area contributed by atoms with Gasteiger partial charge in [0.1, 0.15) is 19.5 Å². The second-order valence-electron chi connectivity index (χ2n) is 6.00. The van der Waals surface area contributed by atoms with Crippen LogP contribution in [0, 0.1) is 0 Å². The first kappa shape index (κ1) is 19.5. The van der Waals surface area contributed by atoms with Crippen LogP contribution in [0.2, 0.25) is 0 Å². The summed E-state index contributed by atoms with van der Waals surface area (Å²) in [6.45, 7) is 3.64. The average Bonchev–Trinajstić information content (AvgIpc) is 2.75. The summed E-state index contributed by atoms with van der Waals surface area (Å²) in [5.41, 5.74) is 3.04. The Labute approximate surface area is 163 Å². The maximum atomic E-state index is 10.9. The van der Waals surface area contributed by atoms with Gasteiger partial charge in [0.2, 0.25) is 0 Å². The first-order chi connectivity index (χ1) is 13.7. The number of hydrogen-bond acceptors (Lipinski definition) is 8. The van der Waals surface area contributed by atoms with Crippen molar-refractivity contribution in [1.82, 2.24) is 25.6 Å². The van der Waals surface area contributed by atoms with E-state index in [0.29, 0.717) is 42.8 Å². The maximum absolute atomic E-state index is 10.9. The first-order valence-corrected chi connectivity index (χ1v) is 9.07. The summed E-state index contributed by atoms with van der Waals surface area (Å²) in [4.78, 5) is 24.2. The molecule has 3 heterocycles. The first-order valence-electron chi connectivity index (χ1n) is 9.07. The Hall–Kier alpha value is -3.26. The number of rotatable bonds is 8. The smallest absolute Gasteiger partial charge is 0.257 e. The van der Waals surface area contributed by atoms with E-state index >= 15 is 0 Å². The third-order valence-corrected chi connectivity index (χ3v) is 4.09. The predicted octanol–water partition coefficient (Wildman–Crippen LogP) is 1.95. The minimum Gasteiger partial charge on any atom is -0.484 e. The van der Waals surface area contributed by atoms with E-state index in [-0.39, 0.29) is 0 Å². The summed E-state index contributed by atoms with van der Waals surface area (Å²) in [5.74, 6) is 1.60. The molecule has 0 fully saturated rings. The Morgan fingerprint density at radius 3 is 2.93 bits per heavy atom. The molecule has 1 aliphatic heterocycles. The van der Waals surface area contributed by atoms with Gasteiger partial charge in [-0.1, -0.05) is 6.08 Å². The summed E-state index contributed by atoms with van der Waals surface area (Å²) < 4.78 is 11.0. The Kier molecular flexibility index (Phi) is 6.69. The van der Waals surface area contributed by atoms with Gasteiger partial charge in [-0.3, -0.25) is 4.79 Å². The minimum atomic E-state index is 0.482. The highest BCUT2D eigenvalue weighted by Gasteiger charge is 2.16. The fraction of sp³-hybridized carbons (Fsp3) is 0.300. The summed E-state index contributed by atoms with van der Waals surface area (Å²) >= 11 is 0. The number of hydrogen-bond donors (Lipinski definition) is 2. The van der Waals surface area contributed by atoms with Crippen molar-refractivity contribution in [3.05, 3.63) is 48.1 Å². The third kappa shape index (κ3) is 4.72. The van der Waals surface area contributed by atoms with E-state index in [1.165, 1.54) is 6.08 Å². The molecule has 0 atom stereocenters. The largest absolute Gasteiger partial charge is 0.484 e. The summed E-state index contributed by atoms with van der Waals surface area (Å²) in [6.07, 6.45) is 8.25. The zero-order valence-corrected chi connectivity index (χ0v) is 15.9. The molecule has 2 N–H and O–H groups in total. The molecule has 0 unspecified atom stereocenters. The van der Waals surface area contributed by atoms with Gasteiger partial charge in [0, 0.05) is 36.6 Å². The van der Waals surface area contributed by atoms with E-state index in [1.54, 1.807) is 12.4 Å². The van der Waals surface area contributed by atoms with Gasteiger partial charge in [-0.2, -0.15) is 0 Å². The monoisotopic (exact) mass is 381 g/mol. The van der Waals surface area contributed by atoms with Crippen molar-refractivity contribution in [1.29, 1.82) is 0 Å². The van der Waals surface area contributed by atoms with Crippen molar-refractivity contribution in [2.45, 2.75) is 13.3 Å². The molecular weight excluding hydrogens is 358 g/mol. The van der Waals surface area contributed by atoms with Gasteiger partial charge < -0.3 is 20.1 Å². The molecule has 0 saturated heterocycles. The molecule has 2 aromatic rings. The van der Waals surface area contributed by atoms with E-state index in [1.807, 2.05) is 32.2 Å². The van der Waals surface area contributed by atoms with Crippen LogP contribution in [0.4, 0.5) is 0 Å². The molecular formula is C20H23N5O3. The molecule has 1 aliphatic rings. The van der Waals surface area contributed by atoms with Gasteiger partial charge in [-0.25, -0.2) is 15.0 Å². The molecule has 0 bridgehead atoms. The summed E-state index contributed by atoms with van der Waals surface area (Å²) in [5, 5.41) is 6.36. The lowest BCUT2D eigenvalue weighted by atomic mass is 10.2. The van der Waals surface area contributed by atoms with Crippen LogP contribution in [0.3, 0.4) is 0 Å². The van der Waals surface area contributed by atoms with Crippen molar-refractivity contribution in [3.63, 3.8) is 0 Å². The summed E-state index contributed by atoms with van der Waals surface area (Å²) in [6, 6.07) is 3.64. The second-order valence-corrected chi connectivity index (χ2v) is 6.00. The maximum Gasteiger partial charge on any atom is 0.257 e. The molecule has 0 amide bonds. The molecule has 0 aliphatic carbocycles. The number of carbonyl (C=O) groups is 1. The average molecular weight is 381 g/mol. The van der Waals surface area contributed by atoms with E-state index in [4.69, 9.17) is 9.47 Å². The highest BCUT2D eigenvalue weighted by atomic mass is 16.6. The molecule has 0 radical (unpaired) electrons. The number of ether oxygens (including phenoxy) is 2. The van der Waals surface area contributed by atoms with Crippen LogP contribution in [0.1, 0.15) is 19.0 Å². The van der Waals surface area contributed by atoms with Gasteiger partial charge in [-0.15, -0.1) is 0 Å². The molecule has 0 saturated carbocycles. The number of carbonyl (C=O) groups excluding carboxylic acids is 1. The number of pyridine rings is 1. The Balaban J connectivity index is 1.85. The zero-order valence-electron chi connectivity index (χ0n) is 15.9. The van der Waals surface area contributed by atoms with E-state index in [2.05, 4.69) is 25.6 Å². The quantitative estimate of drug-likeness (QED) is 0.529. The fourth-order valence-electron chi connectivity index (χ4n) is 2.69. The van der Waals surface area contributed by atoms with Gasteiger partial charge in [0.15, 0.2) is 11.6 Å². The highest BCUT2D eigenvalue weighted by Crippen LogP contribution is 2.31. The lowest BCUT2D eigenvalue weighted by Crippen LogP contribution is -2.18. The SMILES string of the molecule is C/C=C(\N/C(=C/C=O)CCNC)c1ccnc(-c2cnc3c(c2)OCCO3)n1. The molecule has 8 nitrogen and oxygen atoms in total. The van der Waals surface area contributed by atoms with Crippen LogP contribution < -0.4 is 20.1 Å². The molecule has 3 rings (SSSR count). The fourth-order valence-corrected chi connectivity index (χ4v) is 2.69. The number of nitrogens with one attached hydrogen (secondary N) is 2. The predicted molar refractivity (Wildman–Crippen MR) is 106 cm³/mol. The number of aromatic nitrogens is 3. The number of allylic oxidation sites excluding steroid dienone is 2. The van der Waals surface area contributed by atoms with Crippen LogP contribution in [0.5, 0.6) is 11.6 Å². The van der Waals surface area contributed by atoms with Gasteiger partial charge >= 0.3 is 0 Å². The topological polar surface area (TPSA) is 98.3 Å². The van der Waals surface area contributed by atoms with Crippen molar-refractivity contribution in [2.24, 2.45) is 0 Å². The second kappa shape index (κ2) is 9.61. The standard InChI is InChI=1S/C20H23N5O3/c1-3-16(24-15(6-9-26)4-7-21-2)17-5-8-22-19(25-17)14-12-18-20(23-13-14)28-11-10-27-18/h3,5-6,8-9,12-13,21,24H,4,7,10-11H2,1-2H3/b15-6+,16-3-. The zero-order chi connectivity index (χ0) is 19.8. The number of fused-ring (bicyclic) bond motifs is 1. The van der Waals surface area contributed by atoms with Crippen LogP contribution in [-0.2, 0) is 4.79 Å². The van der Waals surface area contributed by atoms with Gasteiger partial charge in [-0.05, 0) is 32.2 Å². The molecule has 0 spiro atoms. The highest BCUT2D eigenvalue weighted by molar-refractivity contribution is 5.69. The van der Waals surface area contributed by atoms with E-state index < -0.39 is 0 Å². The van der Waals surface area contributed by atoms with Crippen LogP contribution >= 0.6 is 0 Å². The molecule has 2 aromatic heterocycles. The van der Waals surface area contributed by atoms with Crippen LogP contribution in [0.25, 0.3) is 17.1 Å². The molecule has 0 aromatic carbocycles. The van der Waals surface area contributed by atoms with Crippen molar-refractivity contribution in [3.8, 4) is 23.0 Å². The Bertz CT molecular complexity index is 895. The van der Waals surface area contributed by atoms with Crippen molar-refractivity contribution >= 4 is 12.0 Å². The Morgan fingerprint density at radius 2 is 2.14 bits per heavy atom. The normalized spacial score (nSPS) is 13.9. The van der Waals surface area contributed by atoms with Crippen LogP contribution in [0.15, 0.2) is 42.4 Å². The van der Waals surface area contributed by atoms with Crippen molar-refractivity contribution < 1.29 is 14.3 Å². The van der Waals surface area contributed by atoms with E-state index in [9.17, 15) is 4.79 Å². The van der Waals surface area contributed by atoms with Gasteiger partial charge in [0.25, 0.3) is 5.88 Å². The third-order valence-electron chi connectivity index (χ3n) is 4.09. The van der Waals surface area contributed by atoms with Gasteiger partial charge in [0.05, 0.1) is 11.4 Å². The van der Waals surface area contributed by atoms with Crippen molar-refractivity contribution in [2.75, 3.05) is 26.8 Å². The number of aldehydes is 1. The van der Waals surface area contributed by atoms with E-state index in [0.717, 1.165) is 29.8 Å². The molecule has 146 valence electrons. The minimum absolute atomic E-state index is 0.482. The number of nitrogens with zero attached hydrogens (tertiary/aromatic N) is 3. The van der Waals surface area contributed by atoms with Crippen LogP contribution in [-0.4, -0.2) is 48.0 Å². The lowest BCUT2D eigenvalue weighted by molar-refractivity contribution is -0.104.